The van der Waals surface area contributed by atoms with Gasteiger partial charge in [-0.1, -0.05) is 13.3 Å². The first-order chi connectivity index (χ1) is 8.15. The lowest BCUT2D eigenvalue weighted by molar-refractivity contribution is 0.0705. The first-order valence-electron chi connectivity index (χ1n) is 7.33. The maximum absolute atomic E-state index is 3.79. The Kier molecular flexibility index (Phi) is 4.45. The van der Waals surface area contributed by atoms with E-state index in [9.17, 15) is 0 Å². The van der Waals surface area contributed by atoms with Gasteiger partial charge in [0, 0.05) is 37.8 Å². The Balaban J connectivity index is 1.93. The maximum atomic E-state index is 3.79. The van der Waals surface area contributed by atoms with Crippen molar-refractivity contribution >= 4 is 0 Å². The quantitative estimate of drug-likeness (QED) is 0.803. The Hall–Kier alpha value is -0.120. The summed E-state index contributed by atoms with van der Waals surface area (Å²) in [5, 5.41) is 3.79. The molecule has 3 nitrogen and oxygen atoms in total. The Bertz CT molecular complexity index is 236. The van der Waals surface area contributed by atoms with Crippen LogP contribution in [0.25, 0.3) is 0 Å². The normalized spacial score (nSPS) is 36.5. The lowest BCUT2D eigenvalue weighted by atomic mass is 9.90. The molecule has 2 unspecified atom stereocenters. The van der Waals surface area contributed by atoms with E-state index in [-0.39, 0.29) is 0 Å². The summed E-state index contributed by atoms with van der Waals surface area (Å²) in [5.41, 5.74) is 0.429. The second-order valence-electron chi connectivity index (χ2n) is 6.14. The number of nitrogens with zero attached hydrogens (tertiary/aromatic N) is 2. The van der Waals surface area contributed by atoms with Gasteiger partial charge in [0.1, 0.15) is 0 Å². The smallest absolute Gasteiger partial charge is 0.0309 e. The Morgan fingerprint density at radius 3 is 2.76 bits per heavy atom. The zero-order valence-corrected chi connectivity index (χ0v) is 11.8. The zero-order chi connectivity index (χ0) is 12.3. The second kappa shape index (κ2) is 5.68. The van der Waals surface area contributed by atoms with Crippen molar-refractivity contribution in [2.24, 2.45) is 0 Å². The highest BCUT2D eigenvalue weighted by atomic mass is 15.3. The molecule has 3 heteroatoms. The second-order valence-corrected chi connectivity index (χ2v) is 6.14. The molecule has 0 aromatic rings. The van der Waals surface area contributed by atoms with E-state index in [2.05, 4.69) is 36.0 Å². The van der Waals surface area contributed by atoms with Crippen LogP contribution < -0.4 is 5.32 Å². The molecule has 0 aromatic carbocycles. The summed E-state index contributed by atoms with van der Waals surface area (Å²) >= 11 is 0. The minimum Gasteiger partial charge on any atom is -0.310 e. The highest BCUT2D eigenvalue weighted by molar-refractivity contribution is 4.97. The van der Waals surface area contributed by atoms with Gasteiger partial charge in [-0.3, -0.25) is 4.90 Å². The number of rotatable bonds is 4. The van der Waals surface area contributed by atoms with E-state index in [1.54, 1.807) is 0 Å². The van der Waals surface area contributed by atoms with Gasteiger partial charge >= 0.3 is 0 Å². The Morgan fingerprint density at radius 1 is 1.35 bits per heavy atom. The van der Waals surface area contributed by atoms with Gasteiger partial charge in [-0.2, -0.15) is 0 Å². The fraction of sp³-hybridized carbons (Fsp3) is 1.00. The van der Waals surface area contributed by atoms with Gasteiger partial charge < -0.3 is 10.2 Å². The average Bonchev–Trinajstić information content (AvgIpc) is 2.72. The Morgan fingerprint density at radius 2 is 2.18 bits per heavy atom. The predicted octanol–water partition coefficient (Wildman–Crippen LogP) is 1.54. The van der Waals surface area contributed by atoms with Crippen LogP contribution in [0.15, 0.2) is 0 Å². The average molecular weight is 239 g/mol. The topological polar surface area (TPSA) is 18.5 Å². The van der Waals surface area contributed by atoms with Crippen molar-refractivity contribution in [3.8, 4) is 0 Å². The van der Waals surface area contributed by atoms with Crippen LogP contribution in [0.1, 0.15) is 39.5 Å². The van der Waals surface area contributed by atoms with Gasteiger partial charge in [-0.15, -0.1) is 0 Å². The largest absolute Gasteiger partial charge is 0.310 e. The third kappa shape index (κ3) is 3.21. The lowest BCUT2D eigenvalue weighted by Gasteiger charge is -2.43. The molecule has 0 radical (unpaired) electrons. The van der Waals surface area contributed by atoms with Crippen molar-refractivity contribution < 1.29 is 0 Å². The minimum atomic E-state index is 0.429. The summed E-state index contributed by atoms with van der Waals surface area (Å²) in [5.74, 6) is 0. The molecular weight excluding hydrogens is 210 g/mol. The van der Waals surface area contributed by atoms with Crippen LogP contribution in [-0.2, 0) is 0 Å². The summed E-state index contributed by atoms with van der Waals surface area (Å²) in [4.78, 5) is 5.16. The summed E-state index contributed by atoms with van der Waals surface area (Å²) in [6, 6.07) is 0.713. The third-order valence-electron chi connectivity index (χ3n) is 4.53. The molecule has 0 saturated carbocycles. The van der Waals surface area contributed by atoms with Crippen molar-refractivity contribution in [1.29, 1.82) is 0 Å². The van der Waals surface area contributed by atoms with Crippen molar-refractivity contribution in [2.45, 2.75) is 51.1 Å². The summed E-state index contributed by atoms with van der Waals surface area (Å²) in [7, 11) is 2.24. The van der Waals surface area contributed by atoms with E-state index in [0.717, 1.165) is 0 Å². The zero-order valence-electron chi connectivity index (χ0n) is 11.8. The van der Waals surface area contributed by atoms with Gasteiger partial charge in [0.2, 0.25) is 0 Å². The molecule has 2 fully saturated rings. The number of likely N-dealkylation sites (N-methyl/N-ethyl adjacent to an activating group) is 1. The molecule has 17 heavy (non-hydrogen) atoms. The van der Waals surface area contributed by atoms with Gasteiger partial charge in [0.05, 0.1) is 0 Å². The van der Waals surface area contributed by atoms with Crippen LogP contribution in [0.4, 0.5) is 0 Å². The molecule has 100 valence electrons. The molecule has 0 bridgehead atoms. The third-order valence-corrected chi connectivity index (χ3v) is 4.53. The summed E-state index contributed by atoms with van der Waals surface area (Å²) in [6.07, 6.45) is 5.38. The fourth-order valence-corrected chi connectivity index (χ4v) is 3.58. The van der Waals surface area contributed by atoms with E-state index in [4.69, 9.17) is 0 Å². The van der Waals surface area contributed by atoms with Gasteiger partial charge in [-0.05, 0) is 39.8 Å². The van der Waals surface area contributed by atoms with Crippen LogP contribution in [0, 0.1) is 0 Å². The van der Waals surface area contributed by atoms with Crippen LogP contribution in [0.2, 0.25) is 0 Å². The molecule has 2 aliphatic heterocycles. The van der Waals surface area contributed by atoms with Crippen molar-refractivity contribution in [1.82, 2.24) is 15.1 Å². The first kappa shape index (κ1) is 13.3. The molecule has 0 aromatic heterocycles. The number of nitrogens with one attached hydrogen (secondary N) is 1. The molecule has 0 aliphatic carbocycles. The summed E-state index contributed by atoms with van der Waals surface area (Å²) in [6.45, 7) is 10.9. The molecule has 2 heterocycles. The van der Waals surface area contributed by atoms with Crippen LogP contribution in [0.5, 0.6) is 0 Å². The SMILES string of the molecule is CCCC1(CN2CCN(C)CC2C)CCCN1. The lowest BCUT2D eigenvalue weighted by Crippen LogP contribution is -2.57. The monoisotopic (exact) mass is 239 g/mol. The van der Waals surface area contributed by atoms with E-state index >= 15 is 0 Å². The fourth-order valence-electron chi connectivity index (χ4n) is 3.58. The first-order valence-corrected chi connectivity index (χ1v) is 7.33. The van der Waals surface area contributed by atoms with Crippen LogP contribution in [0.3, 0.4) is 0 Å². The molecular formula is C14H29N3. The highest BCUT2D eigenvalue weighted by Gasteiger charge is 2.36. The maximum Gasteiger partial charge on any atom is 0.0309 e. The highest BCUT2D eigenvalue weighted by Crippen LogP contribution is 2.27. The number of piperazine rings is 1. The number of hydrogen-bond acceptors (Lipinski definition) is 3. The predicted molar refractivity (Wildman–Crippen MR) is 73.4 cm³/mol. The van der Waals surface area contributed by atoms with E-state index in [0.29, 0.717) is 11.6 Å². The molecule has 2 saturated heterocycles. The van der Waals surface area contributed by atoms with E-state index in [1.807, 2.05) is 0 Å². The molecule has 0 spiro atoms. The molecule has 0 amide bonds. The molecule has 1 N–H and O–H groups in total. The van der Waals surface area contributed by atoms with Gasteiger partial charge in [-0.25, -0.2) is 0 Å². The summed E-state index contributed by atoms with van der Waals surface area (Å²) < 4.78 is 0. The Labute approximate surface area is 107 Å². The van der Waals surface area contributed by atoms with Crippen molar-refractivity contribution in [3.05, 3.63) is 0 Å². The van der Waals surface area contributed by atoms with Crippen molar-refractivity contribution in [3.63, 3.8) is 0 Å². The molecule has 2 rings (SSSR count). The van der Waals surface area contributed by atoms with Crippen LogP contribution in [-0.4, -0.2) is 61.2 Å². The van der Waals surface area contributed by atoms with E-state index in [1.165, 1.54) is 58.4 Å². The number of hydrogen-bond donors (Lipinski definition) is 1. The van der Waals surface area contributed by atoms with Crippen LogP contribution >= 0.6 is 0 Å². The molecule has 2 aliphatic rings. The minimum absolute atomic E-state index is 0.429. The standard InChI is InChI=1S/C14H29N3/c1-4-6-14(7-5-8-15-14)12-17-10-9-16(3)11-13(17)2/h13,15H,4-12H2,1-3H3. The van der Waals surface area contributed by atoms with Gasteiger partial charge in [0.15, 0.2) is 0 Å². The van der Waals surface area contributed by atoms with Crippen molar-refractivity contribution in [2.75, 3.05) is 39.8 Å². The van der Waals surface area contributed by atoms with E-state index < -0.39 is 0 Å². The molecule has 2 atom stereocenters. The van der Waals surface area contributed by atoms with Gasteiger partial charge in [0.25, 0.3) is 0 Å².